The Morgan fingerprint density at radius 1 is 1.28 bits per heavy atom. The number of aromatic nitrogens is 1. The van der Waals surface area contributed by atoms with Crippen LogP contribution >= 0.6 is 0 Å². The van der Waals surface area contributed by atoms with Gasteiger partial charge in [-0.15, -0.1) is 0 Å². The molecule has 2 heterocycles. The molecule has 1 fully saturated rings. The lowest BCUT2D eigenvalue weighted by atomic mass is 10.2. The van der Waals surface area contributed by atoms with Crippen molar-refractivity contribution in [1.82, 2.24) is 9.47 Å². The zero-order chi connectivity index (χ0) is 21.0. The molecule has 1 aromatic heterocycles. The van der Waals surface area contributed by atoms with Gasteiger partial charge in [-0.3, -0.25) is 14.5 Å². The second kappa shape index (κ2) is 8.93. The molecule has 0 saturated carbocycles. The van der Waals surface area contributed by atoms with E-state index in [4.69, 9.17) is 4.74 Å². The van der Waals surface area contributed by atoms with Gasteiger partial charge in [-0.1, -0.05) is 30.3 Å². The number of carbonyl (C=O) groups is 2. The number of benzene rings is 1. The highest BCUT2D eigenvalue weighted by atomic mass is 16.5. The van der Waals surface area contributed by atoms with Gasteiger partial charge in [-0.05, 0) is 44.4 Å². The monoisotopic (exact) mass is 394 g/mol. The molecule has 7 heteroatoms. The molecule has 1 amide bonds. The summed E-state index contributed by atoms with van der Waals surface area (Å²) in [6.45, 7) is 5.14. The van der Waals surface area contributed by atoms with Gasteiger partial charge in [-0.25, -0.2) is 0 Å². The zero-order valence-electron chi connectivity index (χ0n) is 17.1. The Bertz CT molecular complexity index is 943. The van der Waals surface area contributed by atoms with E-state index in [1.807, 2.05) is 53.6 Å². The summed E-state index contributed by atoms with van der Waals surface area (Å²) in [6.07, 6.45) is 1.53. The van der Waals surface area contributed by atoms with Crippen LogP contribution in [0, 0.1) is 25.2 Å². The van der Waals surface area contributed by atoms with E-state index in [0.717, 1.165) is 23.2 Å². The highest BCUT2D eigenvalue weighted by Gasteiger charge is 2.33. The number of nitrogens with zero attached hydrogens (tertiary/aromatic N) is 3. The van der Waals surface area contributed by atoms with Gasteiger partial charge in [0.05, 0.1) is 19.2 Å². The average Bonchev–Trinajstić information content (AvgIpc) is 3.26. The van der Waals surface area contributed by atoms with Crippen LogP contribution < -0.4 is 5.32 Å². The molecule has 29 heavy (non-hydrogen) atoms. The Balaban J connectivity index is 1.82. The number of anilines is 1. The molecule has 0 bridgehead atoms. The van der Waals surface area contributed by atoms with E-state index in [1.54, 1.807) is 0 Å². The van der Waals surface area contributed by atoms with Gasteiger partial charge in [0.2, 0.25) is 5.91 Å². The standard InChI is InChI=1S/C22H26N4O3/c1-15-16(2)26(13-17-8-5-4-6-9-17)21(18(15)12-23)24-20(27)14-25-11-7-10-19(25)22(28)29-3/h4-6,8-9,19H,7,10-11,13-14H2,1-3H3,(H,24,27). The summed E-state index contributed by atoms with van der Waals surface area (Å²) in [4.78, 5) is 26.5. The SMILES string of the molecule is COC(=O)C1CCCN1CC(=O)Nc1c(C#N)c(C)c(C)n1Cc1ccccc1. The summed E-state index contributed by atoms with van der Waals surface area (Å²) in [5.74, 6) is -0.0542. The average molecular weight is 394 g/mol. The molecule has 1 saturated heterocycles. The Kier molecular flexibility index (Phi) is 6.35. The van der Waals surface area contributed by atoms with Crippen molar-refractivity contribution in [2.45, 2.75) is 39.3 Å². The lowest BCUT2D eigenvalue weighted by molar-refractivity contribution is -0.146. The van der Waals surface area contributed by atoms with Crippen molar-refractivity contribution in [1.29, 1.82) is 5.26 Å². The lowest BCUT2D eigenvalue weighted by Crippen LogP contribution is -2.41. The number of methoxy groups -OCH3 is 1. The summed E-state index contributed by atoms with van der Waals surface area (Å²) in [7, 11) is 1.36. The maximum absolute atomic E-state index is 12.8. The van der Waals surface area contributed by atoms with E-state index in [1.165, 1.54) is 7.11 Å². The van der Waals surface area contributed by atoms with Gasteiger partial charge < -0.3 is 14.6 Å². The lowest BCUT2D eigenvalue weighted by Gasteiger charge is -2.22. The van der Waals surface area contributed by atoms with Crippen molar-refractivity contribution < 1.29 is 14.3 Å². The fourth-order valence-corrected chi connectivity index (χ4v) is 3.87. The third-order valence-corrected chi connectivity index (χ3v) is 5.57. The number of rotatable bonds is 6. The smallest absolute Gasteiger partial charge is 0.323 e. The van der Waals surface area contributed by atoms with Crippen LogP contribution in [0.15, 0.2) is 30.3 Å². The highest BCUT2D eigenvalue weighted by Crippen LogP contribution is 2.27. The Morgan fingerprint density at radius 2 is 2.00 bits per heavy atom. The number of nitriles is 1. The van der Waals surface area contributed by atoms with Gasteiger partial charge in [0.1, 0.15) is 17.9 Å². The molecule has 3 rings (SSSR count). The Labute approximate surface area is 170 Å². The summed E-state index contributed by atoms with van der Waals surface area (Å²) in [6, 6.07) is 11.7. The van der Waals surface area contributed by atoms with Crippen molar-refractivity contribution in [3.63, 3.8) is 0 Å². The third kappa shape index (κ3) is 4.33. The first-order chi connectivity index (χ1) is 14.0. The predicted octanol–water partition coefficient (Wildman–Crippen LogP) is 2.60. The molecular formula is C22H26N4O3. The minimum absolute atomic E-state index is 0.0826. The van der Waals surface area contributed by atoms with Crippen LogP contribution in [-0.2, 0) is 20.9 Å². The minimum atomic E-state index is -0.388. The molecule has 1 unspecified atom stereocenters. The van der Waals surface area contributed by atoms with Gasteiger partial charge in [0.25, 0.3) is 0 Å². The predicted molar refractivity (Wildman–Crippen MR) is 109 cm³/mol. The fourth-order valence-electron chi connectivity index (χ4n) is 3.87. The van der Waals surface area contributed by atoms with Crippen molar-refractivity contribution in [2.75, 3.05) is 25.5 Å². The number of hydrogen-bond donors (Lipinski definition) is 1. The minimum Gasteiger partial charge on any atom is -0.468 e. The van der Waals surface area contributed by atoms with E-state index in [0.29, 0.717) is 30.9 Å². The second-order valence-electron chi connectivity index (χ2n) is 7.32. The molecule has 1 aliphatic rings. The highest BCUT2D eigenvalue weighted by molar-refractivity contribution is 5.93. The topological polar surface area (TPSA) is 87.4 Å². The normalized spacial score (nSPS) is 16.4. The first-order valence-electron chi connectivity index (χ1n) is 9.71. The van der Waals surface area contributed by atoms with Crippen molar-refractivity contribution in [3.8, 4) is 6.07 Å². The first-order valence-corrected chi connectivity index (χ1v) is 9.71. The largest absolute Gasteiger partial charge is 0.468 e. The molecule has 1 aliphatic heterocycles. The number of nitrogens with one attached hydrogen (secondary N) is 1. The van der Waals surface area contributed by atoms with Gasteiger partial charge >= 0.3 is 5.97 Å². The van der Waals surface area contributed by atoms with Crippen molar-refractivity contribution >= 4 is 17.7 Å². The number of likely N-dealkylation sites (tertiary alicyclic amines) is 1. The van der Waals surface area contributed by atoms with E-state index < -0.39 is 0 Å². The Morgan fingerprint density at radius 3 is 2.66 bits per heavy atom. The van der Waals surface area contributed by atoms with Crippen LogP contribution in [0.4, 0.5) is 5.82 Å². The third-order valence-electron chi connectivity index (χ3n) is 5.57. The molecule has 152 valence electrons. The van der Waals surface area contributed by atoms with E-state index >= 15 is 0 Å². The van der Waals surface area contributed by atoms with Crippen molar-refractivity contribution in [3.05, 3.63) is 52.7 Å². The van der Waals surface area contributed by atoms with Gasteiger partial charge in [0, 0.05) is 12.2 Å². The molecule has 0 spiro atoms. The van der Waals surface area contributed by atoms with Crippen LogP contribution in [0.1, 0.15) is 35.2 Å². The summed E-state index contributed by atoms with van der Waals surface area (Å²) >= 11 is 0. The summed E-state index contributed by atoms with van der Waals surface area (Å²) in [5, 5.41) is 12.6. The molecule has 0 radical (unpaired) electrons. The van der Waals surface area contributed by atoms with Crippen LogP contribution in [0.5, 0.6) is 0 Å². The molecule has 1 N–H and O–H groups in total. The molecule has 0 aliphatic carbocycles. The van der Waals surface area contributed by atoms with Crippen molar-refractivity contribution in [2.24, 2.45) is 0 Å². The van der Waals surface area contributed by atoms with Crippen LogP contribution in [0.25, 0.3) is 0 Å². The van der Waals surface area contributed by atoms with E-state index in [2.05, 4.69) is 11.4 Å². The number of esters is 1. The van der Waals surface area contributed by atoms with Gasteiger partial charge in [-0.2, -0.15) is 5.26 Å². The van der Waals surface area contributed by atoms with E-state index in [-0.39, 0.29) is 24.5 Å². The maximum atomic E-state index is 12.8. The van der Waals surface area contributed by atoms with Gasteiger partial charge in [0.15, 0.2) is 0 Å². The molecular weight excluding hydrogens is 368 g/mol. The fraction of sp³-hybridized carbons (Fsp3) is 0.409. The van der Waals surface area contributed by atoms with Crippen LogP contribution in [-0.4, -0.2) is 47.6 Å². The van der Waals surface area contributed by atoms with E-state index in [9.17, 15) is 14.9 Å². The molecule has 1 atom stereocenters. The number of carbonyl (C=O) groups excluding carboxylic acids is 2. The molecule has 1 aromatic carbocycles. The number of amides is 1. The summed E-state index contributed by atoms with van der Waals surface area (Å²) in [5.41, 5.74) is 3.34. The number of ether oxygens (including phenoxy) is 1. The molecule has 2 aromatic rings. The quantitative estimate of drug-likeness (QED) is 0.761. The Hall–Kier alpha value is -3.11. The summed E-state index contributed by atoms with van der Waals surface area (Å²) < 4.78 is 6.81. The first kappa shape index (κ1) is 20.6. The zero-order valence-corrected chi connectivity index (χ0v) is 17.1. The maximum Gasteiger partial charge on any atom is 0.323 e. The second-order valence-corrected chi connectivity index (χ2v) is 7.32. The number of hydrogen-bond acceptors (Lipinski definition) is 5. The van der Waals surface area contributed by atoms with Crippen LogP contribution in [0.2, 0.25) is 0 Å². The van der Waals surface area contributed by atoms with Crippen LogP contribution in [0.3, 0.4) is 0 Å². The molecule has 7 nitrogen and oxygen atoms in total.